The molecule has 0 saturated heterocycles. The van der Waals surface area contributed by atoms with Crippen molar-refractivity contribution >= 4 is 5.91 Å². The summed E-state index contributed by atoms with van der Waals surface area (Å²) in [6, 6.07) is 6.18. The van der Waals surface area contributed by atoms with E-state index in [1.165, 1.54) is 0 Å². The third-order valence-corrected chi connectivity index (χ3v) is 3.11. The third kappa shape index (κ3) is 1.66. The molecule has 1 heterocycles. The number of ether oxygens (including phenoxy) is 1. The molecular weight excluding hydrogens is 202 g/mol. The van der Waals surface area contributed by atoms with Crippen molar-refractivity contribution in [2.75, 3.05) is 13.2 Å². The van der Waals surface area contributed by atoms with Gasteiger partial charge < -0.3 is 9.64 Å². The Labute approximate surface area is 96.0 Å². The number of rotatable bonds is 2. The zero-order valence-corrected chi connectivity index (χ0v) is 9.99. The number of aryl methyl sites for hydroxylation is 1. The van der Waals surface area contributed by atoms with Crippen LogP contribution in [0.4, 0.5) is 0 Å². The number of likely N-dealkylation sites (N-methyl/N-ethyl adjacent to an activating group) is 1. The molecule has 0 fully saturated rings. The van der Waals surface area contributed by atoms with Crippen LogP contribution in [-0.2, 0) is 4.79 Å². The monoisotopic (exact) mass is 219 g/mol. The maximum absolute atomic E-state index is 11.5. The number of para-hydroxylation sites is 1. The quantitative estimate of drug-likeness (QED) is 0.763. The number of benzene rings is 1. The minimum Gasteiger partial charge on any atom is -0.490 e. The number of hydrogen-bond donors (Lipinski definition) is 0. The molecule has 0 N–H and O–H groups in total. The van der Waals surface area contributed by atoms with Gasteiger partial charge in [-0.15, -0.1) is 0 Å². The predicted molar refractivity (Wildman–Crippen MR) is 62.5 cm³/mol. The minimum absolute atomic E-state index is 0.0809. The maximum atomic E-state index is 11.5. The van der Waals surface area contributed by atoms with E-state index in [-0.39, 0.29) is 11.9 Å². The van der Waals surface area contributed by atoms with Crippen molar-refractivity contribution < 1.29 is 9.53 Å². The Hall–Kier alpha value is -1.51. The molecule has 3 heteroatoms. The van der Waals surface area contributed by atoms with E-state index >= 15 is 0 Å². The first-order valence-electron chi connectivity index (χ1n) is 5.64. The summed E-state index contributed by atoms with van der Waals surface area (Å²) in [4.78, 5) is 13.4. The Balaban J connectivity index is 2.36. The molecule has 1 aliphatic heterocycles. The first-order valence-corrected chi connectivity index (χ1v) is 5.64. The number of carbonyl (C=O) groups is 1. The molecule has 1 aliphatic rings. The molecule has 1 aromatic carbocycles. The summed E-state index contributed by atoms with van der Waals surface area (Å²) in [5.41, 5.74) is 2.27. The van der Waals surface area contributed by atoms with Gasteiger partial charge in [0.1, 0.15) is 12.4 Å². The second-order valence-electron chi connectivity index (χ2n) is 4.13. The van der Waals surface area contributed by atoms with E-state index in [0.29, 0.717) is 6.61 Å². The van der Waals surface area contributed by atoms with E-state index < -0.39 is 0 Å². The topological polar surface area (TPSA) is 29.5 Å². The molecule has 1 amide bonds. The van der Waals surface area contributed by atoms with E-state index in [0.717, 1.165) is 23.4 Å². The van der Waals surface area contributed by atoms with Gasteiger partial charge >= 0.3 is 0 Å². The van der Waals surface area contributed by atoms with Gasteiger partial charge in [0.05, 0.1) is 6.04 Å². The van der Waals surface area contributed by atoms with Gasteiger partial charge in [0.15, 0.2) is 0 Å². The Morgan fingerprint density at radius 1 is 1.56 bits per heavy atom. The molecule has 1 unspecified atom stereocenters. The van der Waals surface area contributed by atoms with Crippen LogP contribution >= 0.6 is 0 Å². The van der Waals surface area contributed by atoms with Crippen molar-refractivity contribution in [1.82, 2.24) is 4.90 Å². The van der Waals surface area contributed by atoms with Crippen molar-refractivity contribution in [3.63, 3.8) is 0 Å². The van der Waals surface area contributed by atoms with Crippen LogP contribution < -0.4 is 4.74 Å². The van der Waals surface area contributed by atoms with E-state index in [9.17, 15) is 4.79 Å². The maximum Gasteiger partial charge on any atom is 0.220 e. The SMILES string of the molecule is CCN(C(C)=O)C1COc2c(C)cccc21. The fraction of sp³-hybridized carbons (Fsp3) is 0.462. The number of hydrogen-bond acceptors (Lipinski definition) is 2. The lowest BCUT2D eigenvalue weighted by Gasteiger charge is -2.25. The molecule has 0 aromatic heterocycles. The Morgan fingerprint density at radius 2 is 2.31 bits per heavy atom. The lowest BCUT2D eigenvalue weighted by molar-refractivity contribution is -0.131. The highest BCUT2D eigenvalue weighted by molar-refractivity contribution is 5.74. The van der Waals surface area contributed by atoms with Crippen LogP contribution in [0, 0.1) is 6.92 Å². The fourth-order valence-corrected chi connectivity index (χ4v) is 2.31. The van der Waals surface area contributed by atoms with Crippen molar-refractivity contribution in [3.8, 4) is 5.75 Å². The highest BCUT2D eigenvalue weighted by atomic mass is 16.5. The molecule has 0 radical (unpaired) electrons. The Morgan fingerprint density at radius 3 is 2.94 bits per heavy atom. The highest BCUT2D eigenvalue weighted by Crippen LogP contribution is 2.38. The van der Waals surface area contributed by atoms with Gasteiger partial charge in [-0.1, -0.05) is 18.2 Å². The summed E-state index contributed by atoms with van der Waals surface area (Å²) in [7, 11) is 0. The second kappa shape index (κ2) is 4.16. The normalized spacial score (nSPS) is 17.8. The van der Waals surface area contributed by atoms with Crippen LogP contribution in [0.2, 0.25) is 0 Å². The molecule has 1 atom stereocenters. The summed E-state index contributed by atoms with van der Waals surface area (Å²) in [6.45, 7) is 6.93. The zero-order chi connectivity index (χ0) is 11.7. The van der Waals surface area contributed by atoms with E-state index in [1.54, 1.807) is 6.92 Å². The first kappa shape index (κ1) is 11.0. The fourth-order valence-electron chi connectivity index (χ4n) is 2.31. The van der Waals surface area contributed by atoms with Crippen LogP contribution in [0.25, 0.3) is 0 Å². The lowest BCUT2D eigenvalue weighted by Crippen LogP contribution is -2.33. The second-order valence-corrected chi connectivity index (χ2v) is 4.13. The van der Waals surface area contributed by atoms with Gasteiger partial charge in [0.2, 0.25) is 5.91 Å². The summed E-state index contributed by atoms with van der Waals surface area (Å²) in [5, 5.41) is 0. The smallest absolute Gasteiger partial charge is 0.220 e. The highest BCUT2D eigenvalue weighted by Gasteiger charge is 2.30. The number of amides is 1. The number of nitrogens with zero attached hydrogens (tertiary/aromatic N) is 1. The van der Waals surface area contributed by atoms with Crippen molar-refractivity contribution in [2.24, 2.45) is 0 Å². The standard InChI is InChI=1S/C13H17NO2/c1-4-14(10(3)15)12-8-16-13-9(2)6-5-7-11(12)13/h5-7,12H,4,8H2,1-3H3. The molecule has 0 saturated carbocycles. The molecule has 0 bridgehead atoms. The van der Waals surface area contributed by atoms with Gasteiger partial charge in [0.25, 0.3) is 0 Å². The summed E-state index contributed by atoms with van der Waals surface area (Å²) < 4.78 is 5.68. The largest absolute Gasteiger partial charge is 0.490 e. The Bertz CT molecular complexity index is 414. The molecule has 0 aliphatic carbocycles. The van der Waals surface area contributed by atoms with Gasteiger partial charge in [-0.25, -0.2) is 0 Å². The van der Waals surface area contributed by atoms with Gasteiger partial charge in [-0.2, -0.15) is 0 Å². The van der Waals surface area contributed by atoms with Crippen molar-refractivity contribution in [2.45, 2.75) is 26.8 Å². The van der Waals surface area contributed by atoms with Crippen LogP contribution in [-0.4, -0.2) is 24.0 Å². The average molecular weight is 219 g/mol. The average Bonchev–Trinajstić information content (AvgIpc) is 2.64. The first-order chi connectivity index (χ1) is 7.65. The molecule has 86 valence electrons. The predicted octanol–water partition coefficient (Wildman–Crippen LogP) is 2.30. The van der Waals surface area contributed by atoms with Crippen LogP contribution in [0.15, 0.2) is 18.2 Å². The zero-order valence-electron chi connectivity index (χ0n) is 9.99. The van der Waals surface area contributed by atoms with Gasteiger partial charge in [-0.3, -0.25) is 4.79 Å². The summed E-state index contributed by atoms with van der Waals surface area (Å²) >= 11 is 0. The molecule has 2 rings (SSSR count). The van der Waals surface area contributed by atoms with Crippen LogP contribution in [0.3, 0.4) is 0 Å². The van der Waals surface area contributed by atoms with Gasteiger partial charge in [0, 0.05) is 19.0 Å². The van der Waals surface area contributed by atoms with Crippen molar-refractivity contribution in [3.05, 3.63) is 29.3 Å². The minimum atomic E-state index is 0.0809. The number of fused-ring (bicyclic) bond motifs is 1. The molecular formula is C13H17NO2. The molecule has 16 heavy (non-hydrogen) atoms. The lowest BCUT2D eigenvalue weighted by atomic mass is 10.0. The summed E-state index contributed by atoms with van der Waals surface area (Å²) in [5.74, 6) is 1.05. The van der Waals surface area contributed by atoms with Gasteiger partial charge in [-0.05, 0) is 19.4 Å². The molecule has 3 nitrogen and oxygen atoms in total. The van der Waals surface area contributed by atoms with Crippen LogP contribution in [0.1, 0.15) is 31.0 Å². The van der Waals surface area contributed by atoms with Crippen LogP contribution in [0.5, 0.6) is 5.75 Å². The van der Waals surface area contributed by atoms with E-state index in [1.807, 2.05) is 36.9 Å². The molecule has 0 spiro atoms. The third-order valence-electron chi connectivity index (χ3n) is 3.11. The van der Waals surface area contributed by atoms with E-state index in [2.05, 4.69) is 0 Å². The van der Waals surface area contributed by atoms with E-state index in [4.69, 9.17) is 4.74 Å². The van der Waals surface area contributed by atoms with Crippen molar-refractivity contribution in [1.29, 1.82) is 0 Å². The number of carbonyl (C=O) groups excluding carboxylic acids is 1. The Kier molecular flexibility index (Phi) is 2.86. The summed E-state index contributed by atoms with van der Waals surface area (Å²) in [6.07, 6.45) is 0. The molecule has 1 aromatic rings.